The molecule has 15 nitrogen and oxygen atoms in total. The Labute approximate surface area is 409 Å². The number of likely N-dealkylation sites (N-methyl/N-ethyl adjacent to an activating group) is 1. The molecule has 1 fully saturated rings. The number of aliphatic hydroxyl groups excluding tert-OH is 1. The van der Waals surface area contributed by atoms with Gasteiger partial charge in [0.05, 0.1) is 42.0 Å². The maximum atomic E-state index is 14.0. The van der Waals surface area contributed by atoms with Gasteiger partial charge in [-0.3, -0.25) is 19.2 Å². The highest BCUT2D eigenvalue weighted by atomic mass is 32.1. The van der Waals surface area contributed by atoms with E-state index in [4.69, 9.17) is 14.2 Å². The topological polar surface area (TPSA) is 200 Å². The van der Waals surface area contributed by atoms with Crippen molar-refractivity contribution in [2.24, 2.45) is 5.41 Å². The molecule has 69 heavy (non-hydrogen) atoms. The Bertz CT molecular complexity index is 2720. The van der Waals surface area contributed by atoms with Crippen molar-refractivity contribution in [3.8, 4) is 38.1 Å². The van der Waals surface area contributed by atoms with Crippen LogP contribution in [-0.2, 0) is 30.4 Å². The van der Waals surface area contributed by atoms with Crippen LogP contribution in [0.5, 0.6) is 17.2 Å². The van der Waals surface area contributed by atoms with E-state index in [0.29, 0.717) is 43.2 Å². The number of carbonyl (C=O) groups is 4. The van der Waals surface area contributed by atoms with E-state index in [9.17, 15) is 34.5 Å². The SMILES string of the molecule is Cc1ncsc1-c1ccc(CNC(=O)C2CC(O)CN2C(=O)[C@@H](NC(=O)COCCOCCN(C)CCOc2ccc(C(=O)c3c(-c4ccc(O)cc4)sc4cc(O)ccc34)cc2)C(C)(C)C)cc1. The Balaban J connectivity index is 0.794. The van der Waals surface area contributed by atoms with Gasteiger partial charge in [0.25, 0.3) is 0 Å². The summed E-state index contributed by atoms with van der Waals surface area (Å²) in [6.07, 6.45) is -0.789. The number of nitrogens with one attached hydrogen (secondary N) is 2. The zero-order valence-electron chi connectivity index (χ0n) is 39.4. The van der Waals surface area contributed by atoms with Crippen LogP contribution < -0.4 is 15.4 Å². The summed E-state index contributed by atoms with van der Waals surface area (Å²) in [4.78, 5) is 63.9. The third-order valence-electron chi connectivity index (χ3n) is 11.8. The van der Waals surface area contributed by atoms with Gasteiger partial charge in [0.1, 0.15) is 42.5 Å². The zero-order valence-corrected chi connectivity index (χ0v) is 41.0. The lowest BCUT2D eigenvalue weighted by Gasteiger charge is -2.35. The maximum absolute atomic E-state index is 14.0. The predicted octanol–water partition coefficient (Wildman–Crippen LogP) is 6.80. The molecule has 0 saturated carbocycles. The molecule has 3 atom stereocenters. The Hall–Kier alpha value is -6.21. The van der Waals surface area contributed by atoms with Crippen molar-refractivity contribution in [3.63, 3.8) is 0 Å². The molecule has 1 saturated heterocycles. The predicted molar refractivity (Wildman–Crippen MR) is 267 cm³/mol. The van der Waals surface area contributed by atoms with E-state index in [0.717, 1.165) is 42.2 Å². The van der Waals surface area contributed by atoms with Gasteiger partial charge in [-0.05, 0) is 103 Å². The van der Waals surface area contributed by atoms with Gasteiger partial charge in [-0.1, -0.05) is 45.0 Å². The van der Waals surface area contributed by atoms with Gasteiger partial charge < -0.3 is 50.0 Å². The van der Waals surface area contributed by atoms with Crippen LogP contribution in [0.4, 0.5) is 0 Å². The molecule has 3 amide bonds. The molecule has 1 aliphatic heterocycles. The van der Waals surface area contributed by atoms with Crippen molar-refractivity contribution in [3.05, 3.63) is 119 Å². The smallest absolute Gasteiger partial charge is 0.246 e. The van der Waals surface area contributed by atoms with Crippen molar-refractivity contribution in [1.82, 2.24) is 25.4 Å². The molecule has 5 N–H and O–H groups in total. The summed E-state index contributed by atoms with van der Waals surface area (Å²) in [5, 5.41) is 36.9. The second-order valence-corrected chi connectivity index (χ2v) is 20.1. The summed E-state index contributed by atoms with van der Waals surface area (Å²) < 4.78 is 18.1. The Morgan fingerprint density at radius 2 is 1.52 bits per heavy atom. The number of ketones is 1. The molecular formula is C52H59N5O10S2. The van der Waals surface area contributed by atoms with Crippen LogP contribution in [0.25, 0.3) is 31.0 Å². The Kier molecular flexibility index (Phi) is 16.8. The summed E-state index contributed by atoms with van der Waals surface area (Å²) in [5.41, 5.74) is 5.81. The fraction of sp³-hybridized carbons (Fsp3) is 0.365. The van der Waals surface area contributed by atoms with Gasteiger partial charge in [0.2, 0.25) is 17.7 Å². The number of amides is 3. The molecule has 1 aliphatic rings. The number of ether oxygens (including phenoxy) is 3. The van der Waals surface area contributed by atoms with Crippen molar-refractivity contribution in [1.29, 1.82) is 0 Å². The fourth-order valence-corrected chi connectivity index (χ4v) is 10.0. The number of aryl methyl sites for hydroxylation is 1. The largest absolute Gasteiger partial charge is 0.508 e. The maximum Gasteiger partial charge on any atom is 0.246 e. The van der Waals surface area contributed by atoms with E-state index in [-0.39, 0.29) is 62.5 Å². The van der Waals surface area contributed by atoms with Crippen molar-refractivity contribution >= 4 is 56.3 Å². The highest BCUT2D eigenvalue weighted by Gasteiger charge is 2.44. The molecular weight excluding hydrogens is 919 g/mol. The number of carbonyl (C=O) groups excluding carboxylic acids is 4. The Morgan fingerprint density at radius 1 is 0.855 bits per heavy atom. The summed E-state index contributed by atoms with van der Waals surface area (Å²) in [5.74, 6) is -0.612. The van der Waals surface area contributed by atoms with E-state index in [1.54, 1.807) is 78.1 Å². The van der Waals surface area contributed by atoms with E-state index in [1.807, 2.05) is 64.5 Å². The molecule has 364 valence electrons. The number of likely N-dealkylation sites (tertiary alicyclic amines) is 1. The molecule has 0 bridgehead atoms. The standard InChI is InChI=1S/C52H59N5O10S2/c1-32-47(68-31-54-32)35-8-6-33(7-9-35)28-53-50(63)42-26-39(60)29-57(42)51(64)49(52(2,3)4)55-44(61)30-66-25-24-65-22-20-56(5)21-23-67-40-17-12-34(13-18-40)46(62)45-41-19-16-38(59)27-43(41)69-48(45)36-10-14-37(58)15-11-36/h6-19,27,31,39,42,49,58-60H,20-26,28-30H2,1-5H3,(H,53,63)(H,55,61)/t39?,42?,49-/m1/s1. The number of benzene rings is 4. The van der Waals surface area contributed by atoms with Crippen LogP contribution in [0, 0.1) is 12.3 Å². The minimum atomic E-state index is -0.974. The number of β-amino-alcohol motifs (C(OH)–C–C–N with tert-alkyl or cyclic N) is 1. The lowest BCUT2D eigenvalue weighted by Crippen LogP contribution is -2.58. The molecule has 2 aromatic heterocycles. The normalized spacial score (nSPS) is 15.4. The summed E-state index contributed by atoms with van der Waals surface area (Å²) in [6, 6.07) is 24.6. The van der Waals surface area contributed by atoms with Crippen molar-refractivity contribution < 1.29 is 48.7 Å². The van der Waals surface area contributed by atoms with Crippen LogP contribution >= 0.6 is 22.7 Å². The quantitative estimate of drug-likeness (QED) is 0.0374. The van der Waals surface area contributed by atoms with E-state index in [1.165, 1.54) is 16.2 Å². The number of nitrogens with zero attached hydrogens (tertiary/aromatic N) is 3. The van der Waals surface area contributed by atoms with Crippen LogP contribution in [0.2, 0.25) is 0 Å². The lowest BCUT2D eigenvalue weighted by molar-refractivity contribution is -0.144. The van der Waals surface area contributed by atoms with E-state index in [2.05, 4.69) is 20.5 Å². The molecule has 17 heteroatoms. The molecule has 7 rings (SSSR count). The van der Waals surface area contributed by atoms with Crippen molar-refractivity contribution in [2.75, 3.05) is 59.7 Å². The number of fused-ring (bicyclic) bond motifs is 1. The van der Waals surface area contributed by atoms with Gasteiger partial charge in [0, 0.05) is 58.7 Å². The average molecular weight is 978 g/mol. The first kappa shape index (κ1) is 50.7. The number of thiophene rings is 1. The number of aliphatic hydroxyl groups is 1. The monoisotopic (exact) mass is 977 g/mol. The second kappa shape index (κ2) is 22.9. The minimum absolute atomic E-state index is 0.0233. The van der Waals surface area contributed by atoms with Gasteiger partial charge in [-0.25, -0.2) is 4.98 Å². The van der Waals surface area contributed by atoms with Gasteiger partial charge in [-0.2, -0.15) is 0 Å². The number of phenolic OH excluding ortho intramolecular Hbond substituents is 2. The molecule has 0 spiro atoms. The first-order valence-corrected chi connectivity index (χ1v) is 24.5. The molecule has 4 aromatic carbocycles. The third kappa shape index (κ3) is 13.1. The van der Waals surface area contributed by atoms with Gasteiger partial charge in [0.15, 0.2) is 5.78 Å². The van der Waals surface area contributed by atoms with E-state index >= 15 is 0 Å². The molecule has 0 aliphatic carbocycles. The minimum Gasteiger partial charge on any atom is -0.508 e. The van der Waals surface area contributed by atoms with Gasteiger partial charge >= 0.3 is 0 Å². The highest BCUT2D eigenvalue weighted by molar-refractivity contribution is 7.22. The number of aromatic hydroxyl groups is 2. The first-order chi connectivity index (χ1) is 33.0. The number of aromatic nitrogens is 1. The number of phenols is 2. The zero-order chi connectivity index (χ0) is 49.2. The van der Waals surface area contributed by atoms with Crippen LogP contribution in [0.3, 0.4) is 0 Å². The summed E-state index contributed by atoms with van der Waals surface area (Å²) >= 11 is 2.98. The van der Waals surface area contributed by atoms with Crippen LogP contribution in [0.15, 0.2) is 96.5 Å². The number of hydrogen-bond donors (Lipinski definition) is 5. The first-order valence-electron chi connectivity index (χ1n) is 22.8. The fourth-order valence-electron chi connectivity index (χ4n) is 7.99. The lowest BCUT2D eigenvalue weighted by atomic mass is 9.85. The molecule has 6 aromatic rings. The number of hydrogen-bond acceptors (Lipinski definition) is 14. The van der Waals surface area contributed by atoms with Crippen molar-refractivity contribution in [2.45, 2.75) is 58.8 Å². The summed E-state index contributed by atoms with van der Waals surface area (Å²) in [6.45, 7) is 9.84. The van der Waals surface area contributed by atoms with Crippen LogP contribution in [-0.4, -0.2) is 132 Å². The summed E-state index contributed by atoms with van der Waals surface area (Å²) in [7, 11) is 1.95. The third-order valence-corrected chi connectivity index (χ3v) is 14.0. The molecule has 3 heterocycles. The Morgan fingerprint density at radius 3 is 2.22 bits per heavy atom. The van der Waals surface area contributed by atoms with Crippen LogP contribution in [0.1, 0.15) is 54.4 Å². The van der Waals surface area contributed by atoms with E-state index < -0.39 is 35.4 Å². The highest BCUT2D eigenvalue weighted by Crippen LogP contribution is 2.41. The average Bonchev–Trinajstić information content (AvgIpc) is 4.05. The number of thiazole rings is 1. The second-order valence-electron chi connectivity index (χ2n) is 18.1. The van der Waals surface area contributed by atoms with Gasteiger partial charge in [-0.15, -0.1) is 22.7 Å². The number of rotatable bonds is 21. The molecule has 2 unspecified atom stereocenters. The molecule has 0 radical (unpaired) electrons.